The lowest BCUT2D eigenvalue weighted by atomic mass is 9.99. The van der Waals surface area contributed by atoms with E-state index in [1.807, 2.05) is 6.92 Å². The van der Waals surface area contributed by atoms with E-state index in [2.05, 4.69) is 19.2 Å². The van der Waals surface area contributed by atoms with Gasteiger partial charge in [0.15, 0.2) is 0 Å². The molecule has 0 aliphatic carbocycles. The predicted molar refractivity (Wildman–Crippen MR) is 84.7 cm³/mol. The molecule has 1 aromatic rings. The van der Waals surface area contributed by atoms with Gasteiger partial charge in [-0.3, -0.25) is 9.59 Å². The molecule has 1 saturated heterocycles. The fraction of sp³-hybridized carbons (Fsp3) is 0.647. The molecule has 122 valence electrons. The average Bonchev–Trinajstić information content (AvgIpc) is 2.82. The fourth-order valence-electron chi connectivity index (χ4n) is 2.87. The Hall–Kier alpha value is -1.78. The van der Waals surface area contributed by atoms with Crippen molar-refractivity contribution in [1.82, 2.24) is 10.2 Å². The first kappa shape index (κ1) is 16.6. The molecule has 0 radical (unpaired) electrons. The SMILES string of the molecule is Cc1cc(C(=O)N2CCCC[C@@H]2C(=O)NCC(C)C)c(C)o1. The molecule has 1 aromatic heterocycles. The summed E-state index contributed by atoms with van der Waals surface area (Å²) < 4.78 is 5.45. The van der Waals surface area contributed by atoms with Gasteiger partial charge in [0.25, 0.3) is 5.91 Å². The number of hydrogen-bond acceptors (Lipinski definition) is 3. The minimum atomic E-state index is -0.366. The topological polar surface area (TPSA) is 62.6 Å². The highest BCUT2D eigenvalue weighted by atomic mass is 16.3. The molecular weight excluding hydrogens is 280 g/mol. The summed E-state index contributed by atoms with van der Waals surface area (Å²) in [5.41, 5.74) is 0.570. The number of carbonyl (C=O) groups is 2. The molecule has 2 heterocycles. The van der Waals surface area contributed by atoms with Crippen molar-refractivity contribution >= 4 is 11.8 Å². The second-order valence-electron chi connectivity index (χ2n) is 6.48. The lowest BCUT2D eigenvalue weighted by Crippen LogP contribution is -2.52. The summed E-state index contributed by atoms with van der Waals surface area (Å²) in [4.78, 5) is 26.9. The number of rotatable bonds is 4. The Labute approximate surface area is 132 Å². The number of piperidine rings is 1. The molecule has 2 amide bonds. The zero-order valence-electron chi connectivity index (χ0n) is 13.9. The highest BCUT2D eigenvalue weighted by molar-refractivity contribution is 5.98. The number of nitrogens with zero attached hydrogens (tertiary/aromatic N) is 1. The first-order chi connectivity index (χ1) is 10.4. The maximum Gasteiger partial charge on any atom is 0.258 e. The summed E-state index contributed by atoms with van der Waals surface area (Å²) in [5, 5.41) is 2.95. The minimum absolute atomic E-state index is 0.0420. The third kappa shape index (κ3) is 3.70. The van der Waals surface area contributed by atoms with Crippen molar-refractivity contribution in [3.05, 3.63) is 23.2 Å². The second kappa shape index (κ2) is 6.99. The van der Waals surface area contributed by atoms with E-state index in [4.69, 9.17) is 4.42 Å². The molecule has 1 N–H and O–H groups in total. The van der Waals surface area contributed by atoms with Crippen LogP contribution in [-0.4, -0.2) is 35.8 Å². The van der Waals surface area contributed by atoms with Crippen LogP contribution in [0.1, 0.15) is 55.0 Å². The molecule has 0 bridgehead atoms. The summed E-state index contributed by atoms with van der Waals surface area (Å²) in [6, 6.07) is 1.39. The maximum absolute atomic E-state index is 12.8. The zero-order chi connectivity index (χ0) is 16.3. The Morgan fingerprint density at radius 3 is 2.68 bits per heavy atom. The van der Waals surface area contributed by atoms with Crippen LogP contribution in [-0.2, 0) is 4.79 Å². The van der Waals surface area contributed by atoms with Gasteiger partial charge in [0.2, 0.25) is 5.91 Å². The average molecular weight is 306 g/mol. The minimum Gasteiger partial charge on any atom is -0.466 e. The first-order valence-electron chi connectivity index (χ1n) is 8.06. The van der Waals surface area contributed by atoms with Gasteiger partial charge in [0.1, 0.15) is 17.6 Å². The van der Waals surface area contributed by atoms with Crippen LogP contribution in [0.25, 0.3) is 0 Å². The van der Waals surface area contributed by atoms with E-state index in [0.717, 1.165) is 25.0 Å². The molecule has 5 nitrogen and oxygen atoms in total. The molecule has 2 rings (SSSR count). The van der Waals surface area contributed by atoms with Crippen molar-refractivity contribution in [1.29, 1.82) is 0 Å². The zero-order valence-corrected chi connectivity index (χ0v) is 13.9. The quantitative estimate of drug-likeness (QED) is 0.930. The highest BCUT2D eigenvalue weighted by Crippen LogP contribution is 2.23. The largest absolute Gasteiger partial charge is 0.466 e. The van der Waals surface area contributed by atoms with E-state index >= 15 is 0 Å². The first-order valence-corrected chi connectivity index (χ1v) is 8.06. The Bertz CT molecular complexity index is 548. The molecule has 0 saturated carbocycles. The van der Waals surface area contributed by atoms with Gasteiger partial charge in [0, 0.05) is 13.1 Å². The van der Waals surface area contributed by atoms with E-state index in [-0.39, 0.29) is 17.9 Å². The summed E-state index contributed by atoms with van der Waals surface area (Å²) >= 11 is 0. The summed E-state index contributed by atoms with van der Waals surface area (Å²) in [6.45, 7) is 9.00. The third-order valence-electron chi connectivity index (χ3n) is 4.02. The van der Waals surface area contributed by atoms with Crippen LogP contribution in [0.3, 0.4) is 0 Å². The van der Waals surface area contributed by atoms with Crippen LogP contribution >= 0.6 is 0 Å². The van der Waals surface area contributed by atoms with Crippen molar-refractivity contribution in [3.8, 4) is 0 Å². The van der Waals surface area contributed by atoms with E-state index in [1.54, 1.807) is 17.9 Å². The fourth-order valence-corrected chi connectivity index (χ4v) is 2.87. The Kier molecular flexibility index (Phi) is 5.27. The van der Waals surface area contributed by atoms with Crippen molar-refractivity contribution in [3.63, 3.8) is 0 Å². The van der Waals surface area contributed by atoms with Gasteiger partial charge in [-0.05, 0) is 45.1 Å². The van der Waals surface area contributed by atoms with Gasteiger partial charge in [-0.2, -0.15) is 0 Å². The van der Waals surface area contributed by atoms with Crippen LogP contribution in [0, 0.1) is 19.8 Å². The Balaban J connectivity index is 2.13. The lowest BCUT2D eigenvalue weighted by molar-refractivity contribution is -0.126. The smallest absolute Gasteiger partial charge is 0.258 e. The van der Waals surface area contributed by atoms with Gasteiger partial charge >= 0.3 is 0 Å². The summed E-state index contributed by atoms with van der Waals surface area (Å²) in [7, 11) is 0. The second-order valence-corrected chi connectivity index (χ2v) is 6.48. The van der Waals surface area contributed by atoms with Crippen LogP contribution in [0.2, 0.25) is 0 Å². The number of furan rings is 1. The van der Waals surface area contributed by atoms with E-state index in [1.165, 1.54) is 0 Å². The van der Waals surface area contributed by atoms with Crippen molar-refractivity contribution in [2.45, 2.75) is 53.0 Å². The molecule has 5 heteroatoms. The van der Waals surface area contributed by atoms with Crippen LogP contribution in [0.5, 0.6) is 0 Å². The molecule has 1 fully saturated rings. The Morgan fingerprint density at radius 2 is 2.09 bits per heavy atom. The van der Waals surface area contributed by atoms with E-state index in [9.17, 15) is 9.59 Å². The molecule has 22 heavy (non-hydrogen) atoms. The summed E-state index contributed by atoms with van der Waals surface area (Å²) in [6.07, 6.45) is 2.65. The van der Waals surface area contributed by atoms with Gasteiger partial charge in [-0.1, -0.05) is 13.8 Å². The number of hydrogen-bond donors (Lipinski definition) is 1. The van der Waals surface area contributed by atoms with E-state index < -0.39 is 0 Å². The van der Waals surface area contributed by atoms with Crippen molar-refractivity contribution in [2.24, 2.45) is 5.92 Å². The summed E-state index contributed by atoms with van der Waals surface area (Å²) in [5.74, 6) is 1.60. The monoisotopic (exact) mass is 306 g/mol. The number of likely N-dealkylation sites (tertiary alicyclic amines) is 1. The van der Waals surface area contributed by atoms with Gasteiger partial charge < -0.3 is 14.6 Å². The van der Waals surface area contributed by atoms with Gasteiger partial charge in [0.05, 0.1) is 5.56 Å². The highest BCUT2D eigenvalue weighted by Gasteiger charge is 2.33. The number of nitrogens with one attached hydrogen (secondary N) is 1. The molecule has 0 aromatic carbocycles. The van der Waals surface area contributed by atoms with Crippen LogP contribution < -0.4 is 5.32 Å². The number of carbonyl (C=O) groups excluding carboxylic acids is 2. The lowest BCUT2D eigenvalue weighted by Gasteiger charge is -2.34. The van der Waals surface area contributed by atoms with Crippen LogP contribution in [0.4, 0.5) is 0 Å². The Morgan fingerprint density at radius 1 is 1.36 bits per heavy atom. The molecule has 1 aliphatic rings. The number of aryl methyl sites for hydroxylation is 2. The predicted octanol–water partition coefficient (Wildman–Crippen LogP) is 2.66. The molecular formula is C17H26N2O3. The number of amides is 2. The molecule has 0 unspecified atom stereocenters. The molecule has 0 spiro atoms. The molecule has 1 aliphatic heterocycles. The maximum atomic E-state index is 12.8. The van der Waals surface area contributed by atoms with Crippen LogP contribution in [0.15, 0.2) is 10.5 Å². The molecule has 1 atom stereocenters. The van der Waals surface area contributed by atoms with Gasteiger partial charge in [-0.25, -0.2) is 0 Å². The van der Waals surface area contributed by atoms with Crippen molar-refractivity contribution < 1.29 is 14.0 Å². The van der Waals surface area contributed by atoms with E-state index in [0.29, 0.717) is 30.3 Å². The van der Waals surface area contributed by atoms with Crippen molar-refractivity contribution in [2.75, 3.05) is 13.1 Å². The standard InChI is InChI=1S/C17H26N2O3/c1-11(2)10-18-16(20)15-7-5-6-8-19(15)17(21)14-9-12(3)22-13(14)4/h9,11,15H,5-8,10H2,1-4H3,(H,18,20)/t15-/m1/s1. The normalized spacial score (nSPS) is 18.6. The van der Waals surface area contributed by atoms with Gasteiger partial charge in [-0.15, -0.1) is 0 Å². The third-order valence-corrected chi connectivity index (χ3v) is 4.02.